The molecular formula is C4H3FO2S2. The fourth-order valence-electron chi connectivity index (χ4n) is 0.402. The Balaban J connectivity index is 3.20. The van der Waals surface area contributed by atoms with E-state index in [1.54, 1.807) is 0 Å². The van der Waals surface area contributed by atoms with Gasteiger partial charge in [-0.3, -0.25) is 0 Å². The lowest BCUT2D eigenvalue weighted by molar-refractivity contribution is 0.554. The second-order valence-corrected chi connectivity index (χ2v) is 3.89. The molecular weight excluding hydrogens is 162 g/mol. The van der Waals surface area contributed by atoms with Crippen LogP contribution in [0.2, 0.25) is 0 Å². The third-order valence-corrected chi connectivity index (χ3v) is 2.90. The molecule has 2 nitrogen and oxygen atoms in total. The van der Waals surface area contributed by atoms with Gasteiger partial charge in [0.1, 0.15) is 0 Å². The lowest BCUT2D eigenvalue weighted by Gasteiger charge is -1.81. The first-order valence-electron chi connectivity index (χ1n) is 2.09. The normalized spacial score (nSPS) is 11.7. The first kappa shape index (κ1) is 6.70. The molecule has 0 radical (unpaired) electrons. The fraction of sp³-hybridized carbons (Fsp3) is 0. The van der Waals surface area contributed by atoms with Crippen LogP contribution in [0.1, 0.15) is 0 Å². The van der Waals surface area contributed by atoms with Crippen molar-refractivity contribution in [3.05, 3.63) is 17.5 Å². The summed E-state index contributed by atoms with van der Waals surface area (Å²) in [7, 11) is -4.44. The molecule has 0 unspecified atom stereocenters. The van der Waals surface area contributed by atoms with E-state index in [0.717, 1.165) is 11.3 Å². The Morgan fingerprint density at radius 3 is 2.44 bits per heavy atom. The molecule has 0 bridgehead atoms. The Hall–Kier alpha value is -0.420. The minimum absolute atomic E-state index is 0.234. The van der Waals surface area contributed by atoms with Crippen LogP contribution in [0.3, 0.4) is 0 Å². The topological polar surface area (TPSA) is 34.1 Å². The van der Waals surface area contributed by atoms with Crippen LogP contribution in [0.25, 0.3) is 0 Å². The maximum Gasteiger partial charge on any atom is 0.341 e. The first-order valence-corrected chi connectivity index (χ1v) is 4.35. The molecule has 5 heteroatoms. The maximum absolute atomic E-state index is 11.9. The Morgan fingerprint density at radius 1 is 1.56 bits per heavy atom. The van der Waals surface area contributed by atoms with Gasteiger partial charge in [-0.25, -0.2) is 0 Å². The van der Waals surface area contributed by atoms with Gasteiger partial charge in [0, 0.05) is 0 Å². The number of thiophene rings is 1. The van der Waals surface area contributed by atoms with Crippen molar-refractivity contribution in [1.82, 2.24) is 0 Å². The number of hydrogen-bond donors (Lipinski definition) is 0. The van der Waals surface area contributed by atoms with Gasteiger partial charge in [-0.05, 0) is 11.4 Å². The van der Waals surface area contributed by atoms with E-state index < -0.39 is 10.2 Å². The van der Waals surface area contributed by atoms with Gasteiger partial charge in [-0.1, -0.05) is 9.95 Å². The van der Waals surface area contributed by atoms with Crippen molar-refractivity contribution < 1.29 is 12.3 Å². The van der Waals surface area contributed by atoms with Crippen molar-refractivity contribution in [1.29, 1.82) is 0 Å². The first-order chi connectivity index (χ1) is 4.11. The number of hydrogen-bond acceptors (Lipinski definition) is 3. The highest BCUT2D eigenvalue weighted by atomic mass is 32.3. The van der Waals surface area contributed by atoms with Crippen LogP contribution in [0.15, 0.2) is 21.7 Å². The summed E-state index contributed by atoms with van der Waals surface area (Å²) in [6, 6.07) is 2.71. The van der Waals surface area contributed by atoms with Crippen molar-refractivity contribution in [2.24, 2.45) is 0 Å². The van der Waals surface area contributed by atoms with Crippen molar-refractivity contribution in [2.75, 3.05) is 0 Å². The summed E-state index contributed by atoms with van der Waals surface area (Å²) in [6.45, 7) is 0. The predicted octanol–water partition coefficient (Wildman–Crippen LogP) is 1.41. The summed E-state index contributed by atoms with van der Waals surface area (Å²) < 4.78 is 31.8. The van der Waals surface area contributed by atoms with Gasteiger partial charge in [0.25, 0.3) is 0 Å². The van der Waals surface area contributed by atoms with Gasteiger partial charge in [-0.2, -0.15) is 8.42 Å². The van der Waals surface area contributed by atoms with Gasteiger partial charge in [-0.15, -0.1) is 11.3 Å². The summed E-state index contributed by atoms with van der Waals surface area (Å²) in [5.41, 5.74) is 0. The molecule has 50 valence electrons. The minimum atomic E-state index is -4.44. The van der Waals surface area contributed by atoms with Crippen molar-refractivity contribution in [2.45, 2.75) is 4.21 Å². The van der Waals surface area contributed by atoms with E-state index in [1.807, 2.05) is 0 Å². The molecule has 0 saturated carbocycles. The lowest BCUT2D eigenvalue weighted by atomic mass is 10.7. The van der Waals surface area contributed by atoms with Crippen molar-refractivity contribution >= 4 is 21.6 Å². The molecule has 0 N–H and O–H groups in total. The van der Waals surface area contributed by atoms with E-state index >= 15 is 0 Å². The predicted molar refractivity (Wildman–Crippen MR) is 32.6 cm³/mol. The van der Waals surface area contributed by atoms with Crippen molar-refractivity contribution in [3.63, 3.8) is 0 Å². The highest BCUT2D eigenvalue weighted by Gasteiger charge is 2.10. The van der Waals surface area contributed by atoms with Crippen LogP contribution >= 0.6 is 11.3 Å². The van der Waals surface area contributed by atoms with E-state index in [1.165, 1.54) is 17.5 Å². The van der Waals surface area contributed by atoms with E-state index in [2.05, 4.69) is 0 Å². The SMILES string of the molecule is O=S(=O)([18F])c1cccs1. The lowest BCUT2D eigenvalue weighted by Crippen LogP contribution is -1.84. The summed E-state index contributed by atoms with van der Waals surface area (Å²) in [5.74, 6) is 0. The van der Waals surface area contributed by atoms with E-state index in [4.69, 9.17) is 0 Å². The molecule has 1 heterocycles. The standard InChI is InChI=1S/C4H3FO2S2/c5-9(6,7)4-2-1-3-8-4/h1-3H/i5-1. The van der Waals surface area contributed by atoms with Crippen molar-refractivity contribution in [3.8, 4) is 0 Å². The third kappa shape index (κ3) is 1.49. The maximum atomic E-state index is 11.9. The highest BCUT2D eigenvalue weighted by molar-refractivity contribution is 7.88. The zero-order chi connectivity index (χ0) is 6.91. The molecule has 0 aliphatic rings. The van der Waals surface area contributed by atoms with Gasteiger partial charge in [0.2, 0.25) is 0 Å². The number of rotatable bonds is 1. The van der Waals surface area contributed by atoms with Crippen LogP contribution in [-0.2, 0) is 10.2 Å². The molecule has 0 saturated heterocycles. The molecule has 0 atom stereocenters. The molecule has 0 aliphatic carbocycles. The Kier molecular flexibility index (Phi) is 1.54. The van der Waals surface area contributed by atoms with Gasteiger partial charge < -0.3 is 0 Å². The van der Waals surface area contributed by atoms with Gasteiger partial charge in [0.15, 0.2) is 4.21 Å². The molecule has 9 heavy (non-hydrogen) atoms. The molecule has 0 aromatic carbocycles. The Morgan fingerprint density at radius 2 is 2.22 bits per heavy atom. The summed E-state index contributed by atoms with van der Waals surface area (Å²) in [6.07, 6.45) is 0. The summed E-state index contributed by atoms with van der Waals surface area (Å²) in [4.78, 5) is 0. The average molecular weight is 165 g/mol. The molecule has 1 aromatic heterocycles. The average Bonchev–Trinajstić information content (AvgIpc) is 2.08. The van der Waals surface area contributed by atoms with Gasteiger partial charge in [0.05, 0.1) is 0 Å². The van der Waals surface area contributed by atoms with Crippen LogP contribution < -0.4 is 0 Å². The molecule has 0 spiro atoms. The molecule has 1 rings (SSSR count). The minimum Gasteiger partial charge on any atom is -0.188 e. The quantitative estimate of drug-likeness (QED) is 0.589. The van der Waals surface area contributed by atoms with E-state index in [0.29, 0.717) is 0 Å². The fourth-order valence-corrected chi connectivity index (χ4v) is 1.72. The zero-order valence-corrected chi connectivity index (χ0v) is 5.88. The second kappa shape index (κ2) is 2.07. The van der Waals surface area contributed by atoms with Crippen LogP contribution in [0, 0.1) is 0 Å². The monoisotopic (exact) mass is 165 g/mol. The third-order valence-electron chi connectivity index (χ3n) is 0.735. The highest BCUT2D eigenvalue weighted by Crippen LogP contribution is 2.17. The number of halogens is 1. The zero-order valence-electron chi connectivity index (χ0n) is 4.24. The Bertz CT molecular complexity index is 274. The van der Waals surface area contributed by atoms with Gasteiger partial charge >= 0.3 is 10.2 Å². The smallest absolute Gasteiger partial charge is 0.188 e. The largest absolute Gasteiger partial charge is 0.341 e. The Labute approximate surface area is 56.2 Å². The molecule has 0 aliphatic heterocycles. The van der Waals surface area contributed by atoms with Crippen LogP contribution in [-0.4, -0.2) is 8.42 Å². The van der Waals surface area contributed by atoms with E-state index in [-0.39, 0.29) is 4.21 Å². The van der Waals surface area contributed by atoms with Crippen LogP contribution in [0.4, 0.5) is 3.89 Å². The summed E-state index contributed by atoms with van der Waals surface area (Å²) >= 11 is 0.867. The molecule has 1 aromatic rings. The van der Waals surface area contributed by atoms with E-state index in [9.17, 15) is 12.3 Å². The van der Waals surface area contributed by atoms with Crippen LogP contribution in [0.5, 0.6) is 0 Å². The molecule has 0 amide bonds. The second-order valence-electron chi connectivity index (χ2n) is 1.37. The summed E-state index contributed by atoms with van der Waals surface area (Å²) in [5, 5.41) is 1.51. The molecule has 0 fully saturated rings.